The molecular formula is C13H14ClN3. The van der Waals surface area contributed by atoms with Gasteiger partial charge in [0.1, 0.15) is 5.82 Å². The Balaban J connectivity index is 2.16. The van der Waals surface area contributed by atoms with Gasteiger partial charge in [0.2, 0.25) is 5.28 Å². The molecule has 3 nitrogen and oxygen atoms in total. The molecule has 1 saturated carbocycles. The predicted octanol–water partition coefficient (Wildman–Crippen LogP) is 3.41. The van der Waals surface area contributed by atoms with Crippen molar-refractivity contribution in [3.63, 3.8) is 0 Å². The molecule has 0 radical (unpaired) electrons. The van der Waals surface area contributed by atoms with Gasteiger partial charge in [-0.05, 0) is 49.9 Å². The fraction of sp³-hybridized carbons (Fsp3) is 0.385. The average Bonchev–Trinajstić information content (AvgIpc) is 3.04. The second-order valence-corrected chi connectivity index (χ2v) is 5.06. The lowest BCUT2D eigenvalue weighted by atomic mass is 10.1. The Hall–Kier alpha value is -1.35. The van der Waals surface area contributed by atoms with Crippen molar-refractivity contribution in [1.82, 2.24) is 14.8 Å². The molecule has 0 aliphatic heterocycles. The third-order valence-electron chi connectivity index (χ3n) is 3.18. The van der Waals surface area contributed by atoms with E-state index in [4.69, 9.17) is 11.6 Å². The van der Waals surface area contributed by atoms with Crippen LogP contribution >= 0.6 is 11.6 Å². The third kappa shape index (κ3) is 1.84. The van der Waals surface area contributed by atoms with Gasteiger partial charge in [-0.2, -0.15) is 0 Å². The highest BCUT2D eigenvalue weighted by Crippen LogP contribution is 2.40. The molecule has 0 spiro atoms. The third-order valence-corrected chi connectivity index (χ3v) is 3.43. The maximum Gasteiger partial charge on any atom is 0.229 e. The van der Waals surface area contributed by atoms with Gasteiger partial charge >= 0.3 is 0 Å². The van der Waals surface area contributed by atoms with Crippen LogP contribution < -0.4 is 0 Å². The Morgan fingerprint density at radius 2 is 2.00 bits per heavy atom. The van der Waals surface area contributed by atoms with Crippen LogP contribution in [0, 0.1) is 13.8 Å². The number of nitrogens with zero attached hydrogens (tertiary/aromatic N) is 3. The molecule has 88 valence electrons. The maximum atomic E-state index is 6.15. The fourth-order valence-corrected chi connectivity index (χ4v) is 2.38. The van der Waals surface area contributed by atoms with E-state index in [-0.39, 0.29) is 0 Å². The van der Waals surface area contributed by atoms with Crippen LogP contribution in [-0.4, -0.2) is 14.8 Å². The summed E-state index contributed by atoms with van der Waals surface area (Å²) in [5.41, 5.74) is 3.55. The van der Waals surface area contributed by atoms with Crippen LogP contribution in [-0.2, 0) is 0 Å². The van der Waals surface area contributed by atoms with E-state index < -0.39 is 0 Å². The van der Waals surface area contributed by atoms with Crippen molar-refractivity contribution < 1.29 is 0 Å². The standard InChI is InChI=1S/C13H14ClN3/c1-8-3-6-11(9(2)7-8)17-12(10-4-5-10)15-16-13(17)14/h3,6-7,10H,4-5H2,1-2H3. The van der Waals surface area contributed by atoms with E-state index >= 15 is 0 Å². The summed E-state index contributed by atoms with van der Waals surface area (Å²) in [6.45, 7) is 4.18. The Labute approximate surface area is 105 Å². The number of hydrogen-bond acceptors (Lipinski definition) is 2. The van der Waals surface area contributed by atoms with Crippen molar-refractivity contribution in [3.8, 4) is 5.69 Å². The monoisotopic (exact) mass is 247 g/mol. The van der Waals surface area contributed by atoms with E-state index in [2.05, 4.69) is 42.2 Å². The highest BCUT2D eigenvalue weighted by atomic mass is 35.5. The minimum Gasteiger partial charge on any atom is -0.269 e. The Morgan fingerprint density at radius 3 is 2.65 bits per heavy atom. The summed E-state index contributed by atoms with van der Waals surface area (Å²) >= 11 is 6.15. The molecule has 2 aromatic rings. The zero-order chi connectivity index (χ0) is 12.0. The zero-order valence-electron chi connectivity index (χ0n) is 9.94. The molecule has 1 aromatic heterocycles. The molecule has 0 bridgehead atoms. The second-order valence-electron chi connectivity index (χ2n) is 4.73. The minimum atomic E-state index is 0.457. The van der Waals surface area contributed by atoms with Crippen molar-refractivity contribution in [2.75, 3.05) is 0 Å². The van der Waals surface area contributed by atoms with E-state index in [1.165, 1.54) is 24.0 Å². The Bertz CT molecular complexity index is 570. The van der Waals surface area contributed by atoms with E-state index in [0.717, 1.165) is 11.5 Å². The van der Waals surface area contributed by atoms with E-state index in [9.17, 15) is 0 Å². The summed E-state index contributed by atoms with van der Waals surface area (Å²) in [6, 6.07) is 6.34. The normalized spacial score (nSPS) is 15.2. The lowest BCUT2D eigenvalue weighted by molar-refractivity contribution is 0.867. The first-order valence-electron chi connectivity index (χ1n) is 5.85. The predicted molar refractivity (Wildman–Crippen MR) is 67.8 cm³/mol. The molecule has 0 saturated heterocycles. The van der Waals surface area contributed by atoms with Crippen molar-refractivity contribution in [3.05, 3.63) is 40.4 Å². The number of aromatic nitrogens is 3. The average molecular weight is 248 g/mol. The van der Waals surface area contributed by atoms with Crippen LogP contribution in [0.3, 0.4) is 0 Å². The zero-order valence-corrected chi connectivity index (χ0v) is 10.7. The van der Waals surface area contributed by atoms with Crippen molar-refractivity contribution in [2.24, 2.45) is 0 Å². The molecule has 0 atom stereocenters. The van der Waals surface area contributed by atoms with Gasteiger partial charge in [-0.15, -0.1) is 10.2 Å². The molecular weight excluding hydrogens is 234 g/mol. The number of rotatable bonds is 2. The summed E-state index contributed by atoms with van der Waals surface area (Å²) < 4.78 is 1.98. The van der Waals surface area contributed by atoms with Gasteiger partial charge in [0.25, 0.3) is 0 Å². The van der Waals surface area contributed by atoms with Crippen molar-refractivity contribution in [1.29, 1.82) is 0 Å². The Morgan fingerprint density at radius 1 is 1.24 bits per heavy atom. The molecule has 1 fully saturated rings. The van der Waals surface area contributed by atoms with Crippen LogP contribution in [0.15, 0.2) is 18.2 Å². The second kappa shape index (κ2) is 3.84. The summed E-state index contributed by atoms with van der Waals surface area (Å²) in [4.78, 5) is 0. The first-order chi connectivity index (χ1) is 8.16. The van der Waals surface area contributed by atoms with Crippen LogP contribution in [0.4, 0.5) is 0 Å². The van der Waals surface area contributed by atoms with Gasteiger partial charge in [0.15, 0.2) is 0 Å². The van der Waals surface area contributed by atoms with Gasteiger partial charge < -0.3 is 0 Å². The van der Waals surface area contributed by atoms with Gasteiger partial charge in [-0.1, -0.05) is 17.7 Å². The summed E-state index contributed by atoms with van der Waals surface area (Å²) in [6.07, 6.45) is 2.39. The van der Waals surface area contributed by atoms with Crippen LogP contribution in [0.1, 0.15) is 35.7 Å². The quantitative estimate of drug-likeness (QED) is 0.814. The maximum absolute atomic E-state index is 6.15. The van der Waals surface area contributed by atoms with Crippen LogP contribution in [0.2, 0.25) is 5.28 Å². The SMILES string of the molecule is Cc1ccc(-n2c(Cl)nnc2C2CC2)c(C)c1. The molecule has 0 unspecified atom stereocenters. The lowest BCUT2D eigenvalue weighted by Gasteiger charge is -2.11. The van der Waals surface area contributed by atoms with Crippen LogP contribution in [0.25, 0.3) is 5.69 Å². The molecule has 0 amide bonds. The summed E-state index contributed by atoms with van der Waals surface area (Å²) in [5, 5.41) is 8.65. The molecule has 1 heterocycles. The molecule has 3 rings (SSSR count). The van der Waals surface area contributed by atoms with Crippen molar-refractivity contribution in [2.45, 2.75) is 32.6 Å². The molecule has 1 aromatic carbocycles. The molecule has 1 aliphatic carbocycles. The van der Waals surface area contributed by atoms with Gasteiger partial charge in [-0.25, -0.2) is 0 Å². The minimum absolute atomic E-state index is 0.457. The summed E-state index contributed by atoms with van der Waals surface area (Å²) in [7, 11) is 0. The van der Waals surface area contributed by atoms with Crippen LogP contribution in [0.5, 0.6) is 0 Å². The van der Waals surface area contributed by atoms with Crippen molar-refractivity contribution >= 4 is 11.6 Å². The van der Waals surface area contributed by atoms with Gasteiger partial charge in [0, 0.05) is 5.92 Å². The van der Waals surface area contributed by atoms with Gasteiger partial charge in [-0.3, -0.25) is 4.57 Å². The lowest BCUT2D eigenvalue weighted by Crippen LogP contribution is -2.02. The number of benzene rings is 1. The highest BCUT2D eigenvalue weighted by Gasteiger charge is 2.30. The number of halogens is 1. The highest BCUT2D eigenvalue weighted by molar-refractivity contribution is 6.28. The molecule has 4 heteroatoms. The first-order valence-corrected chi connectivity index (χ1v) is 6.23. The smallest absolute Gasteiger partial charge is 0.229 e. The van der Waals surface area contributed by atoms with E-state index in [0.29, 0.717) is 11.2 Å². The fourth-order valence-electron chi connectivity index (χ4n) is 2.16. The largest absolute Gasteiger partial charge is 0.269 e. The number of aryl methyl sites for hydroxylation is 2. The summed E-state index contributed by atoms with van der Waals surface area (Å²) in [5.74, 6) is 1.54. The number of hydrogen-bond donors (Lipinski definition) is 0. The first kappa shape index (κ1) is 10.8. The van der Waals surface area contributed by atoms with E-state index in [1.54, 1.807) is 0 Å². The molecule has 17 heavy (non-hydrogen) atoms. The molecule has 1 aliphatic rings. The Kier molecular flexibility index (Phi) is 2.44. The molecule has 0 N–H and O–H groups in total. The topological polar surface area (TPSA) is 30.7 Å². The van der Waals surface area contributed by atoms with E-state index in [1.807, 2.05) is 4.57 Å². The van der Waals surface area contributed by atoms with Gasteiger partial charge in [0.05, 0.1) is 5.69 Å².